The molecule has 0 saturated carbocycles. The van der Waals surface area contributed by atoms with Crippen LogP contribution in [0.25, 0.3) is 6.08 Å². The number of ketones is 1. The van der Waals surface area contributed by atoms with Crippen molar-refractivity contribution in [2.24, 2.45) is 0 Å². The average Bonchev–Trinajstić information content (AvgIpc) is 2.36. The summed E-state index contributed by atoms with van der Waals surface area (Å²) in [6.07, 6.45) is 2.40. The summed E-state index contributed by atoms with van der Waals surface area (Å²) in [5, 5.41) is 8.67. The van der Waals surface area contributed by atoms with Crippen molar-refractivity contribution in [1.29, 1.82) is 0 Å². The molecule has 1 unspecified atom stereocenters. The van der Waals surface area contributed by atoms with Crippen molar-refractivity contribution in [2.75, 3.05) is 6.61 Å². The van der Waals surface area contributed by atoms with Gasteiger partial charge < -0.3 is 9.84 Å². The number of aliphatic carboxylic acids is 1. The maximum absolute atomic E-state index is 12.2. The second-order valence-corrected chi connectivity index (χ2v) is 5.18. The van der Waals surface area contributed by atoms with E-state index in [2.05, 4.69) is 15.9 Å². The van der Waals surface area contributed by atoms with Gasteiger partial charge in [-0.1, -0.05) is 28.1 Å². The number of carbonyl (C=O) groups excluding carboxylic acids is 1. The van der Waals surface area contributed by atoms with E-state index in [0.29, 0.717) is 23.5 Å². The third-order valence-electron chi connectivity index (χ3n) is 2.37. The molecule has 0 radical (unpaired) electrons. The van der Waals surface area contributed by atoms with Gasteiger partial charge in [-0.2, -0.15) is 0 Å². The molecule has 1 aromatic carbocycles. The van der Waals surface area contributed by atoms with Crippen LogP contribution in [0.3, 0.4) is 0 Å². The van der Waals surface area contributed by atoms with Gasteiger partial charge in [-0.25, -0.2) is 4.79 Å². The molecule has 0 spiro atoms. The lowest BCUT2D eigenvalue weighted by Gasteiger charge is -2.13. The molecular weight excluding hydrogens is 312 g/mol. The summed E-state index contributed by atoms with van der Waals surface area (Å²) in [5.41, 5.74) is 0.927. The summed E-state index contributed by atoms with van der Waals surface area (Å²) in [6.45, 7) is 3.98. The van der Waals surface area contributed by atoms with Crippen LogP contribution in [0, 0.1) is 0 Å². The molecule has 102 valence electrons. The van der Waals surface area contributed by atoms with Crippen molar-refractivity contribution in [3.8, 4) is 5.75 Å². The first kappa shape index (κ1) is 15.4. The maximum Gasteiger partial charge on any atom is 0.328 e. The largest absolute Gasteiger partial charge is 0.493 e. The number of hydrogen-bond acceptors (Lipinski definition) is 3. The summed E-state index contributed by atoms with van der Waals surface area (Å²) < 4.78 is 5.43. The Kier molecular flexibility index (Phi) is 5.76. The third kappa shape index (κ3) is 4.21. The molecule has 19 heavy (non-hydrogen) atoms. The van der Waals surface area contributed by atoms with Crippen LogP contribution in [0.1, 0.15) is 29.8 Å². The smallest absolute Gasteiger partial charge is 0.328 e. The highest BCUT2D eigenvalue weighted by Gasteiger charge is 2.20. The van der Waals surface area contributed by atoms with Gasteiger partial charge in [-0.05, 0) is 31.6 Å². The Morgan fingerprint density at radius 3 is 2.68 bits per heavy atom. The van der Waals surface area contributed by atoms with Crippen molar-refractivity contribution < 1.29 is 19.4 Å². The number of ether oxygens (including phenoxy) is 1. The van der Waals surface area contributed by atoms with Crippen LogP contribution in [0.15, 0.2) is 24.3 Å². The van der Waals surface area contributed by atoms with Crippen LogP contribution in [0.5, 0.6) is 5.75 Å². The van der Waals surface area contributed by atoms with Gasteiger partial charge in [0.05, 0.1) is 17.0 Å². The molecule has 0 fully saturated rings. The van der Waals surface area contributed by atoms with Gasteiger partial charge in [0.25, 0.3) is 0 Å². The average molecular weight is 327 g/mol. The summed E-state index contributed by atoms with van der Waals surface area (Å²) in [6, 6.07) is 5.11. The minimum atomic E-state index is -1.06. The molecule has 1 aromatic rings. The van der Waals surface area contributed by atoms with Crippen LogP contribution in [0.4, 0.5) is 0 Å². The second kappa shape index (κ2) is 7.09. The SMILES string of the molecule is CCOc1cccc(C=CC(=O)O)c1C(=O)C(C)Br. The highest BCUT2D eigenvalue weighted by molar-refractivity contribution is 9.10. The minimum Gasteiger partial charge on any atom is -0.493 e. The quantitative estimate of drug-likeness (QED) is 0.495. The lowest BCUT2D eigenvalue weighted by Crippen LogP contribution is -2.14. The van der Waals surface area contributed by atoms with Gasteiger partial charge in [-0.3, -0.25) is 4.79 Å². The molecule has 0 aliphatic carbocycles. The molecule has 0 aliphatic rings. The van der Waals surface area contributed by atoms with E-state index in [-0.39, 0.29) is 10.6 Å². The van der Waals surface area contributed by atoms with Gasteiger partial charge in [0.2, 0.25) is 0 Å². The number of carboxylic acids is 1. The molecule has 1 atom stereocenters. The summed E-state index contributed by atoms with van der Waals surface area (Å²) in [5.74, 6) is -0.743. The number of carbonyl (C=O) groups is 2. The number of alkyl halides is 1. The van der Waals surface area contributed by atoms with Gasteiger partial charge in [0.1, 0.15) is 5.75 Å². The number of Topliss-reactive ketones (excluding diaryl/α,β-unsaturated/α-hetero) is 1. The first-order valence-corrected chi connectivity index (χ1v) is 6.74. The molecular formula is C14H15BrO4. The van der Waals surface area contributed by atoms with Crippen LogP contribution < -0.4 is 4.74 Å². The van der Waals surface area contributed by atoms with E-state index in [4.69, 9.17) is 9.84 Å². The highest BCUT2D eigenvalue weighted by Crippen LogP contribution is 2.26. The Hall–Kier alpha value is -1.62. The Balaban J connectivity index is 3.33. The minimum absolute atomic E-state index is 0.144. The number of rotatable bonds is 6. The van der Waals surface area contributed by atoms with E-state index in [0.717, 1.165) is 6.08 Å². The van der Waals surface area contributed by atoms with Gasteiger partial charge >= 0.3 is 5.97 Å². The number of halogens is 1. The molecule has 0 aliphatic heterocycles. The number of hydrogen-bond donors (Lipinski definition) is 1. The van der Waals surface area contributed by atoms with E-state index >= 15 is 0 Å². The van der Waals surface area contributed by atoms with Crippen molar-refractivity contribution >= 4 is 33.8 Å². The zero-order valence-electron chi connectivity index (χ0n) is 10.7. The second-order valence-electron chi connectivity index (χ2n) is 3.81. The van der Waals surface area contributed by atoms with Crippen LogP contribution in [-0.4, -0.2) is 28.3 Å². The first-order chi connectivity index (χ1) is 8.97. The zero-order valence-corrected chi connectivity index (χ0v) is 12.3. The van der Waals surface area contributed by atoms with Crippen molar-refractivity contribution in [3.05, 3.63) is 35.4 Å². The fourth-order valence-electron chi connectivity index (χ4n) is 1.59. The summed E-state index contributed by atoms with van der Waals surface area (Å²) in [4.78, 5) is 22.4. The lowest BCUT2D eigenvalue weighted by atomic mass is 10.00. The molecule has 0 saturated heterocycles. The van der Waals surface area contributed by atoms with Crippen LogP contribution >= 0.6 is 15.9 Å². The van der Waals surface area contributed by atoms with E-state index < -0.39 is 5.97 Å². The lowest BCUT2D eigenvalue weighted by molar-refractivity contribution is -0.131. The van der Waals surface area contributed by atoms with Gasteiger partial charge in [-0.15, -0.1) is 0 Å². The fourth-order valence-corrected chi connectivity index (χ4v) is 1.82. The van der Waals surface area contributed by atoms with E-state index in [1.54, 1.807) is 25.1 Å². The standard InChI is InChI=1S/C14H15BrO4/c1-3-19-11-6-4-5-10(7-8-12(16)17)13(11)14(18)9(2)15/h4-9H,3H2,1-2H3,(H,16,17). The third-order valence-corrected chi connectivity index (χ3v) is 2.79. The first-order valence-electron chi connectivity index (χ1n) is 5.82. The fraction of sp³-hybridized carbons (Fsp3) is 0.286. The summed E-state index contributed by atoms with van der Waals surface area (Å²) >= 11 is 3.23. The van der Waals surface area contributed by atoms with Crippen molar-refractivity contribution in [1.82, 2.24) is 0 Å². The highest BCUT2D eigenvalue weighted by atomic mass is 79.9. The van der Waals surface area contributed by atoms with E-state index in [1.807, 2.05) is 6.92 Å². The Morgan fingerprint density at radius 1 is 1.47 bits per heavy atom. The maximum atomic E-state index is 12.2. The molecule has 0 bridgehead atoms. The monoisotopic (exact) mass is 326 g/mol. The molecule has 5 heteroatoms. The van der Waals surface area contributed by atoms with E-state index in [1.165, 1.54) is 6.08 Å². The number of benzene rings is 1. The predicted molar refractivity (Wildman–Crippen MR) is 77.0 cm³/mol. The van der Waals surface area contributed by atoms with Gasteiger partial charge in [0.15, 0.2) is 5.78 Å². The van der Waals surface area contributed by atoms with Crippen molar-refractivity contribution in [3.63, 3.8) is 0 Å². The Bertz CT molecular complexity index is 506. The van der Waals surface area contributed by atoms with Crippen molar-refractivity contribution in [2.45, 2.75) is 18.7 Å². The van der Waals surface area contributed by atoms with Gasteiger partial charge in [0, 0.05) is 6.08 Å². The van der Waals surface area contributed by atoms with Crippen LogP contribution in [0.2, 0.25) is 0 Å². The summed E-state index contributed by atoms with van der Waals surface area (Å²) in [7, 11) is 0. The molecule has 4 nitrogen and oxygen atoms in total. The predicted octanol–water partition coefficient (Wildman–Crippen LogP) is 3.15. The molecule has 0 aromatic heterocycles. The molecule has 0 amide bonds. The van der Waals surface area contributed by atoms with E-state index in [9.17, 15) is 9.59 Å². The number of carboxylic acid groups (broad SMARTS) is 1. The van der Waals surface area contributed by atoms with Crippen LogP contribution in [-0.2, 0) is 4.79 Å². The normalized spacial score (nSPS) is 12.4. The topological polar surface area (TPSA) is 63.6 Å². The molecule has 1 N–H and O–H groups in total. The molecule has 0 heterocycles. The Labute approximate surface area is 120 Å². The zero-order chi connectivity index (χ0) is 14.4. The Morgan fingerprint density at radius 2 is 2.16 bits per heavy atom. The molecule has 1 rings (SSSR count).